The van der Waals surface area contributed by atoms with Crippen molar-refractivity contribution in [3.63, 3.8) is 0 Å². The molecule has 0 amide bonds. The molecular weight excluding hydrogens is 258 g/mol. The van der Waals surface area contributed by atoms with Gasteiger partial charge in [0.25, 0.3) is 0 Å². The Morgan fingerprint density at radius 2 is 2.11 bits per heavy atom. The van der Waals surface area contributed by atoms with Gasteiger partial charge in [-0.3, -0.25) is 4.98 Å². The molecule has 0 aliphatic carbocycles. The Morgan fingerprint density at radius 3 is 2.95 bits per heavy atom. The molecule has 0 aliphatic heterocycles. The van der Waals surface area contributed by atoms with Crippen molar-refractivity contribution in [2.45, 2.75) is 6.42 Å². The van der Waals surface area contributed by atoms with Gasteiger partial charge in [-0.25, -0.2) is 4.98 Å². The van der Waals surface area contributed by atoms with Crippen LogP contribution in [0.5, 0.6) is 5.75 Å². The second kappa shape index (κ2) is 5.24. The van der Waals surface area contributed by atoms with Crippen LogP contribution in [0.15, 0.2) is 41.9 Å². The van der Waals surface area contributed by atoms with Gasteiger partial charge in [0.05, 0.1) is 12.3 Å². The maximum absolute atomic E-state index is 5.79. The van der Waals surface area contributed by atoms with Gasteiger partial charge < -0.3 is 10.5 Å². The highest BCUT2D eigenvalue weighted by Gasteiger charge is 2.04. The van der Waals surface area contributed by atoms with E-state index in [2.05, 4.69) is 9.97 Å². The van der Waals surface area contributed by atoms with Crippen molar-refractivity contribution >= 4 is 27.4 Å². The second-order valence-electron chi connectivity index (χ2n) is 4.11. The molecule has 0 spiro atoms. The number of para-hydroxylation sites is 1. The molecule has 2 heterocycles. The zero-order valence-corrected chi connectivity index (χ0v) is 11.1. The standard InChI is InChI=1S/C14H13N3OS/c15-14-17-11(9-19-14)6-8-18-12-5-1-3-10-4-2-7-16-13(10)12/h1-5,7,9H,6,8H2,(H2,15,17). The number of benzene rings is 1. The summed E-state index contributed by atoms with van der Waals surface area (Å²) >= 11 is 1.45. The average molecular weight is 271 g/mol. The molecule has 3 rings (SSSR count). The van der Waals surface area contributed by atoms with E-state index in [1.165, 1.54) is 11.3 Å². The first-order valence-corrected chi connectivity index (χ1v) is 6.87. The number of nitrogen functional groups attached to an aromatic ring is 1. The minimum absolute atomic E-state index is 0.568. The molecule has 3 aromatic rings. The summed E-state index contributed by atoms with van der Waals surface area (Å²) in [6, 6.07) is 9.88. The minimum atomic E-state index is 0.568. The number of pyridine rings is 1. The van der Waals surface area contributed by atoms with E-state index in [-0.39, 0.29) is 0 Å². The lowest BCUT2D eigenvalue weighted by Crippen LogP contribution is -2.02. The molecule has 0 bridgehead atoms. The summed E-state index contributed by atoms with van der Waals surface area (Å²) in [5, 5.41) is 3.64. The normalized spacial score (nSPS) is 10.7. The average Bonchev–Trinajstić information content (AvgIpc) is 2.85. The molecule has 0 saturated carbocycles. The Hall–Kier alpha value is -2.14. The topological polar surface area (TPSA) is 61.0 Å². The van der Waals surface area contributed by atoms with Crippen LogP contribution in [0.25, 0.3) is 10.9 Å². The fourth-order valence-electron chi connectivity index (χ4n) is 1.90. The van der Waals surface area contributed by atoms with Gasteiger partial charge in [0.15, 0.2) is 5.13 Å². The number of thiazole rings is 1. The summed E-state index contributed by atoms with van der Waals surface area (Å²) in [6.07, 6.45) is 2.52. The van der Waals surface area contributed by atoms with E-state index < -0.39 is 0 Å². The van der Waals surface area contributed by atoms with Gasteiger partial charge in [-0.05, 0) is 12.1 Å². The van der Waals surface area contributed by atoms with Crippen molar-refractivity contribution in [3.05, 3.63) is 47.6 Å². The molecule has 0 saturated heterocycles. The van der Waals surface area contributed by atoms with E-state index in [0.29, 0.717) is 11.7 Å². The molecule has 0 radical (unpaired) electrons. The van der Waals surface area contributed by atoms with Crippen molar-refractivity contribution < 1.29 is 4.74 Å². The van der Waals surface area contributed by atoms with E-state index >= 15 is 0 Å². The molecule has 1 aromatic carbocycles. The van der Waals surface area contributed by atoms with Crippen molar-refractivity contribution in [2.24, 2.45) is 0 Å². The van der Waals surface area contributed by atoms with Crippen molar-refractivity contribution in [1.29, 1.82) is 0 Å². The van der Waals surface area contributed by atoms with Gasteiger partial charge in [-0.2, -0.15) is 0 Å². The van der Waals surface area contributed by atoms with E-state index in [1.54, 1.807) is 6.20 Å². The fourth-order valence-corrected chi connectivity index (χ4v) is 2.49. The SMILES string of the molecule is Nc1nc(CCOc2cccc3cccnc23)cs1. The maximum atomic E-state index is 5.79. The predicted octanol–water partition coefficient (Wildman–Crippen LogP) is 2.90. The molecule has 0 unspecified atom stereocenters. The smallest absolute Gasteiger partial charge is 0.180 e. The number of ether oxygens (including phenoxy) is 1. The van der Waals surface area contributed by atoms with E-state index in [0.717, 1.165) is 28.8 Å². The largest absolute Gasteiger partial charge is 0.491 e. The molecule has 0 fully saturated rings. The molecule has 2 N–H and O–H groups in total. The molecular formula is C14H13N3OS. The van der Waals surface area contributed by atoms with Crippen LogP contribution in [0.1, 0.15) is 5.69 Å². The third-order valence-electron chi connectivity index (χ3n) is 2.78. The van der Waals surface area contributed by atoms with Gasteiger partial charge >= 0.3 is 0 Å². The van der Waals surface area contributed by atoms with Crippen LogP contribution in [0.4, 0.5) is 5.13 Å². The monoisotopic (exact) mass is 271 g/mol. The molecule has 96 valence electrons. The first kappa shape index (κ1) is 11.9. The van der Waals surface area contributed by atoms with Crippen LogP contribution in [-0.4, -0.2) is 16.6 Å². The van der Waals surface area contributed by atoms with Gasteiger partial charge in [-0.1, -0.05) is 18.2 Å². The lowest BCUT2D eigenvalue weighted by molar-refractivity contribution is 0.324. The van der Waals surface area contributed by atoms with Gasteiger partial charge in [0.1, 0.15) is 11.3 Å². The number of hydrogen-bond donors (Lipinski definition) is 1. The number of fused-ring (bicyclic) bond motifs is 1. The molecule has 4 nitrogen and oxygen atoms in total. The number of rotatable bonds is 4. The summed E-state index contributed by atoms with van der Waals surface area (Å²) in [4.78, 5) is 8.56. The van der Waals surface area contributed by atoms with Gasteiger partial charge in [0, 0.05) is 23.4 Å². The van der Waals surface area contributed by atoms with Crippen LogP contribution in [0.2, 0.25) is 0 Å². The Labute approximate surface area is 114 Å². The van der Waals surface area contributed by atoms with Crippen molar-refractivity contribution in [3.8, 4) is 5.75 Å². The third-order valence-corrected chi connectivity index (χ3v) is 3.50. The highest BCUT2D eigenvalue weighted by molar-refractivity contribution is 7.13. The molecule has 0 aliphatic rings. The third kappa shape index (κ3) is 2.66. The summed E-state index contributed by atoms with van der Waals surface area (Å²) < 4.78 is 5.79. The second-order valence-corrected chi connectivity index (χ2v) is 5.00. The molecule has 19 heavy (non-hydrogen) atoms. The van der Waals surface area contributed by atoms with Crippen LogP contribution in [0.3, 0.4) is 0 Å². The first-order valence-electron chi connectivity index (χ1n) is 5.99. The van der Waals surface area contributed by atoms with E-state index in [4.69, 9.17) is 10.5 Å². The number of hydrogen-bond acceptors (Lipinski definition) is 5. The van der Waals surface area contributed by atoms with Crippen LogP contribution >= 0.6 is 11.3 Å². The Morgan fingerprint density at radius 1 is 1.21 bits per heavy atom. The summed E-state index contributed by atoms with van der Waals surface area (Å²) in [6.45, 7) is 0.568. The van der Waals surface area contributed by atoms with Crippen LogP contribution < -0.4 is 10.5 Å². The van der Waals surface area contributed by atoms with Gasteiger partial charge in [-0.15, -0.1) is 11.3 Å². The quantitative estimate of drug-likeness (QED) is 0.792. The highest BCUT2D eigenvalue weighted by atomic mass is 32.1. The number of nitrogens with two attached hydrogens (primary N) is 1. The fraction of sp³-hybridized carbons (Fsp3) is 0.143. The molecule has 0 atom stereocenters. The minimum Gasteiger partial charge on any atom is -0.491 e. The maximum Gasteiger partial charge on any atom is 0.180 e. The van der Waals surface area contributed by atoms with Crippen molar-refractivity contribution in [1.82, 2.24) is 9.97 Å². The molecule has 2 aromatic heterocycles. The van der Waals surface area contributed by atoms with E-state index in [9.17, 15) is 0 Å². The summed E-state index contributed by atoms with van der Waals surface area (Å²) in [7, 11) is 0. The first-order chi connectivity index (χ1) is 9.33. The number of nitrogens with zero attached hydrogens (tertiary/aromatic N) is 2. The lowest BCUT2D eigenvalue weighted by Gasteiger charge is -2.07. The summed E-state index contributed by atoms with van der Waals surface area (Å²) in [5.74, 6) is 0.807. The van der Waals surface area contributed by atoms with Crippen LogP contribution in [0, 0.1) is 0 Å². The van der Waals surface area contributed by atoms with Gasteiger partial charge in [0.2, 0.25) is 0 Å². The van der Waals surface area contributed by atoms with Crippen molar-refractivity contribution in [2.75, 3.05) is 12.3 Å². The summed E-state index contributed by atoms with van der Waals surface area (Å²) in [5.41, 5.74) is 7.45. The zero-order valence-electron chi connectivity index (χ0n) is 10.2. The molecule has 5 heteroatoms. The van der Waals surface area contributed by atoms with Crippen LogP contribution in [-0.2, 0) is 6.42 Å². The highest BCUT2D eigenvalue weighted by Crippen LogP contribution is 2.23. The van der Waals surface area contributed by atoms with E-state index in [1.807, 2.05) is 35.7 Å². The Balaban J connectivity index is 1.71. The predicted molar refractivity (Wildman–Crippen MR) is 77.5 cm³/mol. The number of aromatic nitrogens is 2. The number of anilines is 1. The Kier molecular flexibility index (Phi) is 3.29. The zero-order chi connectivity index (χ0) is 13.1. The Bertz CT molecular complexity index is 690. The lowest BCUT2D eigenvalue weighted by atomic mass is 10.2.